The van der Waals surface area contributed by atoms with Crippen LogP contribution in [0.4, 0.5) is 0 Å². The van der Waals surface area contributed by atoms with E-state index in [9.17, 15) is 29.1 Å². The van der Waals surface area contributed by atoms with Gasteiger partial charge >= 0.3 is 21.7 Å². The lowest BCUT2D eigenvalue weighted by atomic mass is 10.2. The predicted octanol–water partition coefficient (Wildman–Crippen LogP) is 2.47. The lowest BCUT2D eigenvalue weighted by molar-refractivity contribution is -0.234. The summed E-state index contributed by atoms with van der Waals surface area (Å²) >= 11 is 0. The van der Waals surface area contributed by atoms with E-state index in [-0.39, 0.29) is 23.0 Å². The Hall–Kier alpha value is -1.65. The molecule has 1 aliphatic rings. The molecule has 13 heteroatoms. The zero-order valence-electron chi connectivity index (χ0n) is 16.6. The molecule has 1 aromatic carbocycles. The SMILES string of the molecule is CC(C)OC(O)Oc1ccccc1C1OP(=O)(O)C(O)(Cc2cccnc2)P(=O)(O)O1. The Labute approximate surface area is 178 Å². The zero-order valence-corrected chi connectivity index (χ0v) is 18.4. The first-order chi connectivity index (χ1) is 14.5. The van der Waals surface area contributed by atoms with Crippen molar-refractivity contribution in [1.29, 1.82) is 0 Å². The quantitative estimate of drug-likeness (QED) is 0.343. The van der Waals surface area contributed by atoms with Gasteiger partial charge in [-0.2, -0.15) is 0 Å². The highest BCUT2D eigenvalue weighted by Gasteiger charge is 2.67. The molecule has 2 heterocycles. The molecule has 1 aliphatic heterocycles. The fourth-order valence-electron chi connectivity index (χ4n) is 2.85. The van der Waals surface area contributed by atoms with Crippen LogP contribution in [0.5, 0.6) is 5.75 Å². The van der Waals surface area contributed by atoms with Crippen molar-refractivity contribution in [3.8, 4) is 5.75 Å². The number of aliphatic hydroxyl groups excluding tert-OH is 1. The Morgan fingerprint density at radius 3 is 2.35 bits per heavy atom. The van der Waals surface area contributed by atoms with Crippen molar-refractivity contribution in [3.63, 3.8) is 0 Å². The number of hydrogen-bond acceptors (Lipinski definition) is 9. The molecule has 1 fully saturated rings. The summed E-state index contributed by atoms with van der Waals surface area (Å²) in [7, 11) is -10.3. The van der Waals surface area contributed by atoms with E-state index in [0.29, 0.717) is 0 Å². The zero-order chi connectivity index (χ0) is 22.9. The van der Waals surface area contributed by atoms with Crippen molar-refractivity contribution < 1.29 is 47.7 Å². The van der Waals surface area contributed by atoms with Gasteiger partial charge in [-0.1, -0.05) is 24.3 Å². The van der Waals surface area contributed by atoms with Crippen molar-refractivity contribution in [2.24, 2.45) is 0 Å². The Bertz CT molecular complexity index is 976. The third kappa shape index (κ3) is 5.06. The van der Waals surface area contributed by atoms with Crippen molar-refractivity contribution >= 4 is 15.2 Å². The fourth-order valence-corrected chi connectivity index (χ4v) is 6.41. The van der Waals surface area contributed by atoms with E-state index in [2.05, 4.69) is 4.98 Å². The normalized spacial score (nSPS) is 32.0. The minimum atomic E-state index is -5.15. The highest BCUT2D eigenvalue weighted by molar-refractivity contribution is 7.73. The van der Waals surface area contributed by atoms with Gasteiger partial charge in [-0.15, -0.1) is 0 Å². The Balaban J connectivity index is 1.91. The molecular weight excluding hydrogens is 452 g/mol. The van der Waals surface area contributed by atoms with Crippen LogP contribution in [0.3, 0.4) is 0 Å². The van der Waals surface area contributed by atoms with Gasteiger partial charge in [-0.3, -0.25) is 23.2 Å². The molecule has 1 saturated heterocycles. The molecule has 170 valence electrons. The topological polar surface area (TPSA) is 165 Å². The molecule has 31 heavy (non-hydrogen) atoms. The number of aliphatic hydroxyl groups is 2. The van der Waals surface area contributed by atoms with Crippen LogP contribution in [0.2, 0.25) is 0 Å². The summed E-state index contributed by atoms with van der Waals surface area (Å²) in [4.78, 5) is 24.7. The number of ether oxygens (including phenoxy) is 2. The van der Waals surface area contributed by atoms with Gasteiger partial charge in [0.25, 0.3) is 5.08 Å². The van der Waals surface area contributed by atoms with Crippen LogP contribution in [-0.4, -0.2) is 42.6 Å². The highest BCUT2D eigenvalue weighted by atomic mass is 31.2. The van der Waals surface area contributed by atoms with E-state index in [1.54, 1.807) is 13.8 Å². The van der Waals surface area contributed by atoms with Crippen LogP contribution in [-0.2, 0) is 29.3 Å². The van der Waals surface area contributed by atoms with Crippen molar-refractivity contribution in [1.82, 2.24) is 4.98 Å². The summed E-state index contributed by atoms with van der Waals surface area (Å²) in [5.41, 5.74) is 0.151. The average molecular weight is 475 g/mol. The predicted molar refractivity (Wildman–Crippen MR) is 107 cm³/mol. The smallest absolute Gasteiger partial charge is 0.374 e. The minimum absolute atomic E-state index is 0.0686. The second kappa shape index (κ2) is 9.07. The molecule has 3 unspecified atom stereocenters. The number of rotatable bonds is 7. The van der Waals surface area contributed by atoms with Gasteiger partial charge in [0.15, 0.2) is 0 Å². The van der Waals surface area contributed by atoms with Crippen LogP contribution in [0.15, 0.2) is 48.8 Å². The first-order valence-corrected chi connectivity index (χ1v) is 12.3. The summed E-state index contributed by atoms with van der Waals surface area (Å²) in [5, 5.41) is 17.5. The molecule has 0 aliphatic carbocycles. The van der Waals surface area contributed by atoms with Gasteiger partial charge in [-0.05, 0) is 31.5 Å². The summed E-state index contributed by atoms with van der Waals surface area (Å²) in [5.74, 6) is -0.0849. The van der Waals surface area contributed by atoms with Gasteiger partial charge in [0, 0.05) is 18.8 Å². The molecule has 3 atom stereocenters. The van der Waals surface area contributed by atoms with Crippen LogP contribution in [0.25, 0.3) is 0 Å². The Kier molecular flexibility index (Phi) is 7.02. The Morgan fingerprint density at radius 2 is 1.77 bits per heavy atom. The van der Waals surface area contributed by atoms with Crippen molar-refractivity contribution in [2.45, 2.75) is 44.2 Å². The first kappa shape index (κ1) is 24.0. The second-order valence-corrected chi connectivity index (χ2v) is 11.4. The van der Waals surface area contributed by atoms with E-state index in [1.807, 2.05) is 0 Å². The van der Waals surface area contributed by atoms with Gasteiger partial charge in [0.2, 0.25) is 6.29 Å². The number of hydrogen-bond donors (Lipinski definition) is 4. The van der Waals surface area contributed by atoms with Crippen LogP contribution in [0.1, 0.15) is 31.3 Å². The molecule has 0 amide bonds. The Morgan fingerprint density at radius 1 is 1.13 bits per heavy atom. The summed E-state index contributed by atoms with van der Waals surface area (Å²) in [6, 6.07) is 8.68. The molecule has 0 radical (unpaired) electrons. The molecule has 0 saturated carbocycles. The molecule has 11 nitrogen and oxygen atoms in total. The summed E-state index contributed by atoms with van der Waals surface area (Å²) in [6.45, 7) is 1.65. The molecule has 2 aromatic rings. The van der Waals surface area contributed by atoms with Gasteiger partial charge in [-0.25, -0.2) is 0 Å². The van der Waals surface area contributed by atoms with Crippen LogP contribution >= 0.6 is 15.2 Å². The maximum absolute atomic E-state index is 12.9. The third-order valence-corrected chi connectivity index (χ3v) is 8.93. The molecule has 0 bridgehead atoms. The third-order valence-electron chi connectivity index (χ3n) is 4.34. The highest BCUT2D eigenvalue weighted by Crippen LogP contribution is 2.79. The first-order valence-electron chi connectivity index (χ1n) is 9.18. The monoisotopic (exact) mass is 475 g/mol. The molecule has 4 N–H and O–H groups in total. The van der Waals surface area contributed by atoms with E-state index in [1.165, 1.54) is 48.8 Å². The maximum Gasteiger partial charge on any atom is 0.374 e. The van der Waals surface area contributed by atoms with E-state index in [0.717, 1.165) is 0 Å². The molecular formula is C18H23NO10P2. The standard InChI is InChI=1S/C18H23NO10P2/c1-12(2)26-17(20)27-15-8-4-3-7-14(15)16-28-30(22,23)18(21,31(24,25)29-16)10-13-6-5-9-19-11-13/h3-9,11-12,16-17,20-21H,10H2,1-2H3,(H,22,23)(H,24,25). The van der Waals surface area contributed by atoms with Crippen molar-refractivity contribution in [2.75, 3.05) is 0 Å². The van der Waals surface area contributed by atoms with E-state index >= 15 is 0 Å². The minimum Gasteiger partial charge on any atom is -0.441 e. The lowest BCUT2D eigenvalue weighted by Crippen LogP contribution is -2.38. The number of para-hydroxylation sites is 1. The van der Waals surface area contributed by atoms with Gasteiger partial charge < -0.3 is 29.5 Å². The fraction of sp³-hybridized carbons (Fsp3) is 0.389. The number of pyridine rings is 1. The number of nitrogens with zero attached hydrogens (tertiary/aromatic N) is 1. The summed E-state index contributed by atoms with van der Waals surface area (Å²) < 4.78 is 46.3. The second-order valence-electron chi connectivity index (χ2n) is 7.04. The van der Waals surface area contributed by atoms with Crippen LogP contribution < -0.4 is 4.74 Å². The maximum atomic E-state index is 12.9. The number of aromatic nitrogens is 1. The molecule has 1 aromatic heterocycles. The molecule has 0 spiro atoms. The molecule has 3 rings (SSSR count). The number of benzene rings is 1. The largest absolute Gasteiger partial charge is 0.441 e. The lowest BCUT2D eigenvalue weighted by Gasteiger charge is -2.41. The van der Waals surface area contributed by atoms with Crippen LogP contribution in [0, 0.1) is 0 Å². The van der Waals surface area contributed by atoms with Gasteiger partial charge in [0.05, 0.1) is 11.7 Å². The van der Waals surface area contributed by atoms with E-state index < -0.39 is 39.5 Å². The van der Waals surface area contributed by atoms with E-state index in [4.69, 9.17) is 18.5 Å². The average Bonchev–Trinajstić information content (AvgIpc) is 2.66. The van der Waals surface area contributed by atoms with Crippen molar-refractivity contribution in [3.05, 3.63) is 59.9 Å². The van der Waals surface area contributed by atoms with Gasteiger partial charge in [0.1, 0.15) is 5.75 Å². The summed E-state index contributed by atoms with van der Waals surface area (Å²) in [6.07, 6.45) is -0.231.